The number of rotatable bonds is 4. The monoisotopic (exact) mass is 524 g/mol. The average molecular weight is 525 g/mol. The molecule has 0 unspecified atom stereocenters. The normalized spacial score (nSPS) is 11.6. The predicted molar refractivity (Wildman–Crippen MR) is 167 cm³/mol. The van der Waals surface area contributed by atoms with Crippen LogP contribution in [0, 0.1) is 0 Å². The van der Waals surface area contributed by atoms with E-state index in [4.69, 9.17) is 14.7 Å². The molecule has 0 saturated heterocycles. The van der Waals surface area contributed by atoms with Crippen molar-refractivity contribution in [1.29, 1.82) is 0 Å². The number of aromatic nitrogens is 2. The van der Waals surface area contributed by atoms with Crippen molar-refractivity contribution in [3.05, 3.63) is 146 Å². The van der Waals surface area contributed by atoms with Gasteiger partial charge in [-0.25, -0.2) is 9.97 Å². The minimum Gasteiger partial charge on any atom is -0.456 e. The maximum Gasteiger partial charge on any atom is 0.160 e. The maximum absolute atomic E-state index is 6.44. The van der Waals surface area contributed by atoms with Gasteiger partial charge in [0.15, 0.2) is 5.82 Å². The van der Waals surface area contributed by atoms with E-state index in [1.54, 1.807) is 0 Å². The van der Waals surface area contributed by atoms with Crippen molar-refractivity contribution in [2.75, 3.05) is 0 Å². The van der Waals surface area contributed by atoms with Crippen LogP contribution >= 0.6 is 0 Å². The summed E-state index contributed by atoms with van der Waals surface area (Å²) < 4.78 is 6.44. The molecule has 0 atom stereocenters. The van der Waals surface area contributed by atoms with E-state index in [-0.39, 0.29) is 0 Å². The molecule has 1 aliphatic rings. The van der Waals surface area contributed by atoms with E-state index in [2.05, 4.69) is 103 Å². The molecule has 0 aliphatic carbocycles. The van der Waals surface area contributed by atoms with E-state index < -0.39 is 0 Å². The van der Waals surface area contributed by atoms with E-state index in [1.165, 1.54) is 16.3 Å². The summed E-state index contributed by atoms with van der Waals surface area (Å²) in [5.74, 6) is 2.49. The zero-order chi connectivity index (χ0) is 27.2. The highest BCUT2D eigenvalue weighted by Gasteiger charge is 2.20. The van der Waals surface area contributed by atoms with Crippen LogP contribution in [-0.2, 0) is 0 Å². The first-order chi connectivity index (χ1) is 20.3. The summed E-state index contributed by atoms with van der Waals surface area (Å²) in [5.41, 5.74) is 9.39. The molecule has 0 fully saturated rings. The van der Waals surface area contributed by atoms with Crippen LogP contribution in [0.25, 0.3) is 66.9 Å². The topological polar surface area (TPSA) is 35.0 Å². The zero-order valence-corrected chi connectivity index (χ0v) is 22.2. The van der Waals surface area contributed by atoms with Crippen LogP contribution in [0.3, 0.4) is 0 Å². The van der Waals surface area contributed by atoms with Gasteiger partial charge in [0, 0.05) is 27.6 Å². The van der Waals surface area contributed by atoms with Gasteiger partial charge in [0.1, 0.15) is 11.5 Å². The van der Waals surface area contributed by atoms with Crippen molar-refractivity contribution >= 4 is 10.8 Å². The van der Waals surface area contributed by atoms with Crippen LogP contribution < -0.4 is 4.74 Å². The van der Waals surface area contributed by atoms with Gasteiger partial charge in [0.25, 0.3) is 0 Å². The van der Waals surface area contributed by atoms with Crippen LogP contribution in [0.4, 0.5) is 0 Å². The van der Waals surface area contributed by atoms with E-state index in [9.17, 15) is 0 Å². The number of hydrogen-bond acceptors (Lipinski definition) is 3. The van der Waals surface area contributed by atoms with Crippen molar-refractivity contribution in [3.8, 4) is 67.7 Å². The molecule has 0 radical (unpaired) electrons. The van der Waals surface area contributed by atoms with Crippen LogP contribution in [-0.4, -0.2) is 9.97 Å². The summed E-state index contributed by atoms with van der Waals surface area (Å²) in [6.07, 6.45) is 0. The van der Waals surface area contributed by atoms with Crippen LogP contribution in [0.5, 0.6) is 11.5 Å². The highest BCUT2D eigenvalue weighted by atomic mass is 16.5. The third-order valence-electron chi connectivity index (χ3n) is 7.68. The minimum atomic E-state index is 0.711. The Morgan fingerprint density at radius 3 is 1.83 bits per heavy atom. The molecule has 0 N–H and O–H groups in total. The summed E-state index contributed by atoms with van der Waals surface area (Å²) in [5, 5.41) is 2.36. The Balaban J connectivity index is 1.23. The first-order valence-corrected chi connectivity index (χ1v) is 13.7. The molecular weight excluding hydrogens is 500 g/mol. The smallest absolute Gasteiger partial charge is 0.160 e. The highest BCUT2D eigenvalue weighted by molar-refractivity contribution is 6.04. The molecule has 1 aromatic heterocycles. The molecule has 3 heteroatoms. The van der Waals surface area contributed by atoms with Gasteiger partial charge < -0.3 is 4.74 Å². The fourth-order valence-corrected chi connectivity index (χ4v) is 5.67. The fraction of sp³-hybridized carbons (Fsp3) is 0. The summed E-state index contributed by atoms with van der Waals surface area (Å²) >= 11 is 0. The molecule has 8 rings (SSSR count). The van der Waals surface area contributed by atoms with Crippen LogP contribution in [0.1, 0.15) is 0 Å². The van der Waals surface area contributed by atoms with E-state index in [0.717, 1.165) is 56.3 Å². The number of ether oxygens (including phenoxy) is 1. The summed E-state index contributed by atoms with van der Waals surface area (Å²) in [6.45, 7) is 0. The molecule has 6 aromatic carbocycles. The largest absolute Gasteiger partial charge is 0.456 e. The highest BCUT2D eigenvalue weighted by Crippen LogP contribution is 2.47. The van der Waals surface area contributed by atoms with E-state index in [1.807, 2.05) is 42.5 Å². The molecule has 2 heterocycles. The Labute approximate surface area is 238 Å². The molecule has 192 valence electrons. The predicted octanol–water partition coefficient (Wildman–Crippen LogP) is 10.1. The van der Waals surface area contributed by atoms with Crippen molar-refractivity contribution in [3.63, 3.8) is 0 Å². The molecule has 7 aromatic rings. The standard InChI is InChI=1S/C38H24N2O/c1-3-10-25(11-4-1)33-24-34(40-38(39-33)27-12-5-2-6-13-27)30-17-7-16-28(22-30)29-20-21-31-32-18-8-14-26-15-9-19-35(37(26)32)41-36(31)23-29/h1-24H. The summed E-state index contributed by atoms with van der Waals surface area (Å²) in [4.78, 5) is 9.95. The third-order valence-corrected chi connectivity index (χ3v) is 7.68. The van der Waals surface area contributed by atoms with Crippen molar-refractivity contribution in [1.82, 2.24) is 9.97 Å². The lowest BCUT2D eigenvalue weighted by atomic mass is 9.92. The zero-order valence-electron chi connectivity index (χ0n) is 22.2. The Bertz CT molecular complexity index is 2000. The van der Waals surface area contributed by atoms with Gasteiger partial charge in [-0.15, -0.1) is 0 Å². The maximum atomic E-state index is 6.44. The Morgan fingerprint density at radius 1 is 0.390 bits per heavy atom. The van der Waals surface area contributed by atoms with Crippen molar-refractivity contribution in [2.45, 2.75) is 0 Å². The van der Waals surface area contributed by atoms with Gasteiger partial charge in [-0.3, -0.25) is 0 Å². The second kappa shape index (κ2) is 9.58. The molecular formula is C38H24N2O. The lowest BCUT2D eigenvalue weighted by Crippen LogP contribution is -1.97. The van der Waals surface area contributed by atoms with Crippen LogP contribution in [0.2, 0.25) is 0 Å². The Hall–Kier alpha value is -5.54. The molecule has 0 saturated carbocycles. The van der Waals surface area contributed by atoms with E-state index in [0.29, 0.717) is 5.82 Å². The number of hydrogen-bond donors (Lipinski definition) is 0. The van der Waals surface area contributed by atoms with Gasteiger partial charge in [0.05, 0.1) is 11.4 Å². The van der Waals surface area contributed by atoms with Crippen molar-refractivity contribution < 1.29 is 4.74 Å². The average Bonchev–Trinajstić information content (AvgIpc) is 3.05. The van der Waals surface area contributed by atoms with Gasteiger partial charge in [-0.1, -0.05) is 115 Å². The summed E-state index contributed by atoms with van der Waals surface area (Å²) in [7, 11) is 0. The lowest BCUT2D eigenvalue weighted by molar-refractivity contribution is 0.487. The van der Waals surface area contributed by atoms with Gasteiger partial charge in [-0.05, 0) is 52.4 Å². The second-order valence-electron chi connectivity index (χ2n) is 10.2. The molecule has 0 spiro atoms. The molecule has 0 bridgehead atoms. The molecule has 3 nitrogen and oxygen atoms in total. The Kier molecular flexibility index (Phi) is 5.46. The Morgan fingerprint density at radius 2 is 1.02 bits per heavy atom. The second-order valence-corrected chi connectivity index (χ2v) is 10.2. The first kappa shape index (κ1) is 23.4. The van der Waals surface area contributed by atoms with Gasteiger partial charge >= 0.3 is 0 Å². The van der Waals surface area contributed by atoms with Gasteiger partial charge in [-0.2, -0.15) is 0 Å². The third kappa shape index (κ3) is 4.16. The number of fused-ring (bicyclic) bond motifs is 2. The van der Waals surface area contributed by atoms with Gasteiger partial charge in [0.2, 0.25) is 0 Å². The van der Waals surface area contributed by atoms with Crippen molar-refractivity contribution in [2.24, 2.45) is 0 Å². The molecule has 41 heavy (non-hydrogen) atoms. The minimum absolute atomic E-state index is 0.711. The molecule has 0 amide bonds. The number of benzene rings is 6. The summed E-state index contributed by atoms with van der Waals surface area (Å²) in [6, 6.07) is 50.2. The lowest BCUT2D eigenvalue weighted by Gasteiger charge is -2.22. The van der Waals surface area contributed by atoms with Crippen LogP contribution in [0.15, 0.2) is 146 Å². The first-order valence-electron chi connectivity index (χ1n) is 13.7. The molecule has 1 aliphatic heterocycles. The van der Waals surface area contributed by atoms with E-state index >= 15 is 0 Å². The number of nitrogens with zero attached hydrogens (tertiary/aromatic N) is 2. The SMILES string of the molecule is c1ccc(-c2cc(-c3cccc(-c4ccc5c(c4)Oc4cccc6cccc-5c46)c3)nc(-c3ccccc3)n2)cc1. The quantitative estimate of drug-likeness (QED) is 0.230. The fourth-order valence-electron chi connectivity index (χ4n) is 5.67.